The maximum Gasteiger partial charge on any atom is 0.128 e. The van der Waals surface area contributed by atoms with Crippen LogP contribution in [0.2, 0.25) is 5.02 Å². The van der Waals surface area contributed by atoms with Crippen molar-refractivity contribution in [2.24, 2.45) is 5.92 Å². The van der Waals surface area contributed by atoms with Gasteiger partial charge in [-0.2, -0.15) is 0 Å². The quantitative estimate of drug-likeness (QED) is 0.712. The van der Waals surface area contributed by atoms with Gasteiger partial charge in [-0.3, -0.25) is 4.90 Å². The summed E-state index contributed by atoms with van der Waals surface area (Å²) in [6.45, 7) is 8.52. The Morgan fingerprint density at radius 1 is 1.10 bits per heavy atom. The summed E-state index contributed by atoms with van der Waals surface area (Å²) in [5, 5.41) is 0.798. The lowest BCUT2D eigenvalue weighted by molar-refractivity contribution is -0.0980. The zero-order valence-corrected chi connectivity index (χ0v) is 18.3. The summed E-state index contributed by atoms with van der Waals surface area (Å²) in [7, 11) is 0. The van der Waals surface area contributed by atoms with Crippen molar-refractivity contribution in [3.8, 4) is 0 Å². The van der Waals surface area contributed by atoms with Crippen LogP contribution >= 0.6 is 11.6 Å². The number of rotatable bonds is 5. The van der Waals surface area contributed by atoms with Gasteiger partial charge in [0.1, 0.15) is 5.82 Å². The lowest BCUT2D eigenvalue weighted by atomic mass is 9.94. The largest absolute Gasteiger partial charge is 0.375 e. The van der Waals surface area contributed by atoms with Crippen molar-refractivity contribution in [1.29, 1.82) is 0 Å². The molecule has 156 valence electrons. The third kappa shape index (κ3) is 5.11. The molecule has 2 saturated heterocycles. The summed E-state index contributed by atoms with van der Waals surface area (Å²) in [6, 6.07) is 15.5. The molecule has 1 aromatic heterocycles. The Kier molecular flexibility index (Phi) is 6.74. The van der Waals surface area contributed by atoms with E-state index >= 15 is 0 Å². The third-order valence-electron chi connectivity index (χ3n) is 6.40. The van der Waals surface area contributed by atoms with Gasteiger partial charge < -0.3 is 9.64 Å². The van der Waals surface area contributed by atoms with Gasteiger partial charge in [0.2, 0.25) is 0 Å². The molecule has 0 amide bonds. The van der Waals surface area contributed by atoms with Crippen molar-refractivity contribution in [1.82, 2.24) is 9.88 Å². The Labute approximate surface area is 179 Å². The second-order valence-corrected chi connectivity index (χ2v) is 9.14. The average Bonchev–Trinajstić information content (AvgIpc) is 2.76. The van der Waals surface area contributed by atoms with Crippen LogP contribution in [0.25, 0.3) is 0 Å². The van der Waals surface area contributed by atoms with Gasteiger partial charge in [-0.1, -0.05) is 43.6 Å². The standard InChI is InChI=1S/C24H32ClN3O/c1-18(2)23-16-28(22(17-29-23)15-19-6-8-20(25)9-7-19)21-10-13-27(14-11-21)24-5-3-4-12-26-24/h3-9,12,18,21-23H,10-11,13-17H2,1-2H3/t22-,23?/m0/s1. The number of hydrogen-bond acceptors (Lipinski definition) is 4. The fourth-order valence-electron chi connectivity index (χ4n) is 4.63. The molecule has 4 rings (SSSR count). The van der Waals surface area contributed by atoms with Gasteiger partial charge in [-0.15, -0.1) is 0 Å². The minimum Gasteiger partial charge on any atom is -0.375 e. The van der Waals surface area contributed by atoms with Crippen molar-refractivity contribution < 1.29 is 4.74 Å². The highest BCUT2D eigenvalue weighted by molar-refractivity contribution is 6.30. The summed E-state index contributed by atoms with van der Waals surface area (Å²) in [5.74, 6) is 1.65. The van der Waals surface area contributed by atoms with Crippen molar-refractivity contribution >= 4 is 17.4 Å². The van der Waals surface area contributed by atoms with E-state index in [-0.39, 0.29) is 0 Å². The van der Waals surface area contributed by atoms with Crippen LogP contribution in [0, 0.1) is 5.92 Å². The van der Waals surface area contributed by atoms with Crippen LogP contribution in [0.15, 0.2) is 48.7 Å². The zero-order chi connectivity index (χ0) is 20.2. The Bertz CT molecular complexity index is 759. The Hall–Kier alpha value is -1.62. The first kappa shape index (κ1) is 20.6. The molecule has 0 radical (unpaired) electrons. The number of anilines is 1. The first-order valence-electron chi connectivity index (χ1n) is 10.9. The average molecular weight is 414 g/mol. The molecule has 1 unspecified atom stereocenters. The molecule has 2 atom stereocenters. The molecule has 0 bridgehead atoms. The molecule has 2 fully saturated rings. The van der Waals surface area contributed by atoms with Gasteiger partial charge in [0.05, 0.1) is 12.7 Å². The Morgan fingerprint density at radius 2 is 1.86 bits per heavy atom. The van der Waals surface area contributed by atoms with Gasteiger partial charge in [0, 0.05) is 42.9 Å². The fourth-order valence-corrected chi connectivity index (χ4v) is 4.75. The molecule has 2 aliphatic heterocycles. The molecular weight excluding hydrogens is 382 g/mol. The maximum absolute atomic E-state index is 6.27. The van der Waals surface area contributed by atoms with E-state index in [9.17, 15) is 0 Å². The molecule has 29 heavy (non-hydrogen) atoms. The van der Waals surface area contributed by atoms with Crippen LogP contribution in [0.5, 0.6) is 0 Å². The fraction of sp³-hybridized carbons (Fsp3) is 0.542. The number of benzene rings is 1. The SMILES string of the molecule is CC(C)C1CN(C2CCN(c3ccccn3)CC2)[C@@H](Cc2ccc(Cl)cc2)CO1. The highest BCUT2D eigenvalue weighted by atomic mass is 35.5. The number of nitrogens with zero attached hydrogens (tertiary/aromatic N) is 3. The van der Waals surface area contributed by atoms with Crippen LogP contribution in [0.3, 0.4) is 0 Å². The molecule has 2 aromatic rings. The van der Waals surface area contributed by atoms with E-state index in [1.807, 2.05) is 24.4 Å². The minimum atomic E-state index is 0.324. The number of ether oxygens (including phenoxy) is 1. The molecule has 0 aliphatic carbocycles. The normalized spacial score (nSPS) is 24.2. The second kappa shape index (κ2) is 9.46. The lowest BCUT2D eigenvalue weighted by Gasteiger charge is -2.47. The van der Waals surface area contributed by atoms with Gasteiger partial charge in [0.15, 0.2) is 0 Å². The number of piperidine rings is 1. The Morgan fingerprint density at radius 3 is 2.52 bits per heavy atom. The van der Waals surface area contributed by atoms with E-state index in [1.165, 1.54) is 18.4 Å². The van der Waals surface area contributed by atoms with Crippen molar-refractivity contribution in [3.63, 3.8) is 0 Å². The molecular formula is C24H32ClN3O. The maximum atomic E-state index is 6.27. The highest BCUT2D eigenvalue weighted by Gasteiger charge is 2.36. The summed E-state index contributed by atoms with van der Waals surface area (Å²) in [4.78, 5) is 9.70. The van der Waals surface area contributed by atoms with Gasteiger partial charge in [0.25, 0.3) is 0 Å². The summed E-state index contributed by atoms with van der Waals surface area (Å²) in [6.07, 6.45) is 5.59. The minimum absolute atomic E-state index is 0.324. The Balaban J connectivity index is 1.44. The van der Waals surface area contributed by atoms with E-state index in [2.05, 4.69) is 52.9 Å². The third-order valence-corrected chi connectivity index (χ3v) is 6.65. The number of pyridine rings is 1. The van der Waals surface area contributed by atoms with Crippen molar-refractivity contribution in [2.45, 2.75) is 51.3 Å². The number of halogens is 1. The zero-order valence-electron chi connectivity index (χ0n) is 17.5. The predicted octanol–water partition coefficient (Wildman–Crippen LogP) is 4.67. The molecule has 2 aliphatic rings. The van der Waals surface area contributed by atoms with Crippen LogP contribution < -0.4 is 4.90 Å². The summed E-state index contributed by atoms with van der Waals surface area (Å²) < 4.78 is 6.27. The summed E-state index contributed by atoms with van der Waals surface area (Å²) >= 11 is 6.08. The molecule has 3 heterocycles. The number of morpholine rings is 1. The van der Waals surface area contributed by atoms with Gasteiger partial charge in [-0.05, 0) is 55.0 Å². The molecule has 0 spiro atoms. The smallest absolute Gasteiger partial charge is 0.128 e. The molecule has 0 N–H and O–H groups in total. The first-order chi connectivity index (χ1) is 14.1. The molecule has 1 aromatic carbocycles. The lowest BCUT2D eigenvalue weighted by Crippen LogP contribution is -2.58. The van der Waals surface area contributed by atoms with Gasteiger partial charge in [-0.25, -0.2) is 4.98 Å². The van der Waals surface area contributed by atoms with E-state index in [4.69, 9.17) is 16.3 Å². The highest BCUT2D eigenvalue weighted by Crippen LogP contribution is 2.28. The molecule has 4 nitrogen and oxygen atoms in total. The summed E-state index contributed by atoms with van der Waals surface area (Å²) in [5.41, 5.74) is 1.34. The van der Waals surface area contributed by atoms with Crippen molar-refractivity contribution in [3.05, 3.63) is 59.2 Å². The monoisotopic (exact) mass is 413 g/mol. The van der Waals surface area contributed by atoms with E-state index in [1.54, 1.807) is 0 Å². The molecule has 5 heteroatoms. The topological polar surface area (TPSA) is 28.6 Å². The number of aromatic nitrogens is 1. The van der Waals surface area contributed by atoms with Crippen LogP contribution in [0.4, 0.5) is 5.82 Å². The van der Waals surface area contributed by atoms with Gasteiger partial charge >= 0.3 is 0 Å². The first-order valence-corrected chi connectivity index (χ1v) is 11.3. The molecule has 0 saturated carbocycles. The second-order valence-electron chi connectivity index (χ2n) is 8.70. The van der Waals surface area contributed by atoms with E-state index in [0.29, 0.717) is 24.1 Å². The number of hydrogen-bond donors (Lipinski definition) is 0. The van der Waals surface area contributed by atoms with Crippen LogP contribution in [0.1, 0.15) is 32.3 Å². The predicted molar refractivity (Wildman–Crippen MR) is 120 cm³/mol. The van der Waals surface area contributed by atoms with E-state index in [0.717, 1.165) is 43.5 Å². The van der Waals surface area contributed by atoms with E-state index < -0.39 is 0 Å². The van der Waals surface area contributed by atoms with Crippen LogP contribution in [-0.4, -0.2) is 54.3 Å². The van der Waals surface area contributed by atoms with Crippen LogP contribution in [-0.2, 0) is 11.2 Å². The van der Waals surface area contributed by atoms with Crippen molar-refractivity contribution in [2.75, 3.05) is 31.1 Å².